The number of nitrogens with one attached hydrogen (secondary N) is 1. The molecule has 2 fully saturated rings. The second-order valence-electron chi connectivity index (χ2n) is 7.69. The average Bonchev–Trinajstić information content (AvgIpc) is 3.00. The Bertz CT molecular complexity index is 769. The monoisotopic (exact) mass is 351 g/mol. The number of nitrogens with zero attached hydrogens (tertiary/aromatic N) is 4. The van der Waals surface area contributed by atoms with Crippen molar-refractivity contribution in [3.05, 3.63) is 54.6 Å². The van der Waals surface area contributed by atoms with Crippen molar-refractivity contribution in [1.82, 2.24) is 20.2 Å². The van der Waals surface area contributed by atoms with Gasteiger partial charge in [-0.05, 0) is 45.3 Å². The molecule has 136 valence electrons. The predicted octanol–water partition coefficient (Wildman–Crippen LogP) is 2.78. The average molecular weight is 351 g/mol. The van der Waals surface area contributed by atoms with Gasteiger partial charge in [0, 0.05) is 5.54 Å². The number of anilines is 1. The molecule has 4 rings (SSSR count). The second-order valence-corrected chi connectivity index (χ2v) is 7.69. The van der Waals surface area contributed by atoms with Gasteiger partial charge in [-0.15, -0.1) is 0 Å². The highest BCUT2D eigenvalue weighted by molar-refractivity contribution is 5.95. The van der Waals surface area contributed by atoms with E-state index in [1.54, 1.807) is 17.3 Å². The Morgan fingerprint density at radius 2 is 1.69 bits per heavy atom. The first-order valence-electron chi connectivity index (χ1n) is 9.12. The molecule has 0 bridgehead atoms. The molecule has 1 aliphatic heterocycles. The summed E-state index contributed by atoms with van der Waals surface area (Å²) >= 11 is 0. The Hall–Kier alpha value is -2.47. The molecule has 1 aliphatic carbocycles. The number of rotatable bonds is 3. The summed E-state index contributed by atoms with van der Waals surface area (Å²) in [7, 11) is 4.32. The van der Waals surface area contributed by atoms with Gasteiger partial charge < -0.3 is 5.32 Å². The van der Waals surface area contributed by atoms with E-state index in [1.807, 2.05) is 0 Å². The van der Waals surface area contributed by atoms with Gasteiger partial charge in [-0.25, -0.2) is 14.8 Å². The van der Waals surface area contributed by atoms with Crippen molar-refractivity contribution in [3.8, 4) is 0 Å². The quantitative estimate of drug-likeness (QED) is 0.924. The first-order valence-corrected chi connectivity index (χ1v) is 9.12. The molecule has 6 heteroatoms. The van der Waals surface area contributed by atoms with Crippen molar-refractivity contribution in [2.24, 2.45) is 0 Å². The third-order valence-electron chi connectivity index (χ3n) is 6.14. The van der Waals surface area contributed by atoms with Crippen LogP contribution in [0.25, 0.3) is 0 Å². The van der Waals surface area contributed by atoms with Crippen LogP contribution in [0.1, 0.15) is 31.2 Å². The molecule has 1 N–H and O–H groups in total. The second kappa shape index (κ2) is 6.36. The lowest BCUT2D eigenvalue weighted by atomic mass is 9.69. The number of urea groups is 1. The third-order valence-corrected chi connectivity index (χ3v) is 6.14. The van der Waals surface area contributed by atoms with Gasteiger partial charge in [-0.2, -0.15) is 0 Å². The van der Waals surface area contributed by atoms with E-state index >= 15 is 0 Å². The number of hydrogen-bond donors (Lipinski definition) is 1. The summed E-state index contributed by atoms with van der Waals surface area (Å²) in [5.74, 6) is 0. The highest BCUT2D eigenvalue weighted by Gasteiger charge is 2.50. The summed E-state index contributed by atoms with van der Waals surface area (Å²) in [5, 5.41) is 3.26. The lowest BCUT2D eigenvalue weighted by molar-refractivity contribution is 0.0658. The van der Waals surface area contributed by atoms with Gasteiger partial charge in [0.25, 0.3) is 0 Å². The van der Waals surface area contributed by atoms with Crippen molar-refractivity contribution in [2.75, 3.05) is 25.5 Å². The molecule has 26 heavy (non-hydrogen) atoms. The highest BCUT2D eigenvalue weighted by atomic mass is 16.2. The van der Waals surface area contributed by atoms with Gasteiger partial charge in [0.1, 0.15) is 6.33 Å². The molecule has 1 saturated carbocycles. The Morgan fingerprint density at radius 3 is 2.31 bits per heavy atom. The zero-order chi connectivity index (χ0) is 18.2. The van der Waals surface area contributed by atoms with E-state index in [0.29, 0.717) is 6.54 Å². The molecule has 1 aromatic carbocycles. The molecule has 0 atom stereocenters. The first kappa shape index (κ1) is 17.0. The summed E-state index contributed by atoms with van der Waals surface area (Å²) in [6.07, 6.45) is 8.82. The van der Waals surface area contributed by atoms with E-state index in [0.717, 1.165) is 31.4 Å². The summed E-state index contributed by atoms with van der Waals surface area (Å²) in [5.41, 5.74) is 1.98. The van der Waals surface area contributed by atoms with Crippen LogP contribution in [0.2, 0.25) is 0 Å². The lowest BCUT2D eigenvalue weighted by Crippen LogP contribution is -2.54. The minimum atomic E-state index is -0.165. The maximum absolute atomic E-state index is 12.6. The highest BCUT2D eigenvalue weighted by Crippen LogP contribution is 2.46. The van der Waals surface area contributed by atoms with Crippen LogP contribution in [0.15, 0.2) is 49.1 Å². The van der Waals surface area contributed by atoms with Crippen LogP contribution < -0.4 is 10.2 Å². The van der Waals surface area contributed by atoms with Crippen LogP contribution in [0.4, 0.5) is 10.5 Å². The van der Waals surface area contributed by atoms with Crippen molar-refractivity contribution in [1.29, 1.82) is 0 Å². The number of carbonyl (C=O) groups excluding carboxylic acids is 1. The lowest BCUT2D eigenvalue weighted by Gasteiger charge is -2.48. The van der Waals surface area contributed by atoms with Gasteiger partial charge in [-0.3, -0.25) is 9.80 Å². The first-order chi connectivity index (χ1) is 12.5. The summed E-state index contributed by atoms with van der Waals surface area (Å²) in [6, 6.07) is 10.7. The van der Waals surface area contributed by atoms with Crippen LogP contribution in [0, 0.1) is 0 Å². The minimum Gasteiger partial charge on any atom is -0.330 e. The molecule has 0 radical (unpaired) electrons. The Morgan fingerprint density at radius 1 is 1.04 bits per heavy atom. The van der Waals surface area contributed by atoms with Crippen LogP contribution in [-0.2, 0) is 5.54 Å². The Kier molecular flexibility index (Phi) is 4.15. The topological polar surface area (TPSA) is 61.4 Å². The fourth-order valence-electron chi connectivity index (χ4n) is 4.52. The van der Waals surface area contributed by atoms with Gasteiger partial charge in [0.15, 0.2) is 0 Å². The molecule has 2 aliphatic rings. The maximum atomic E-state index is 12.6. The molecular formula is C20H25N5O. The van der Waals surface area contributed by atoms with Crippen molar-refractivity contribution in [3.63, 3.8) is 0 Å². The molecule has 1 spiro atoms. The number of benzene rings is 1. The number of hydrogen-bond acceptors (Lipinski definition) is 4. The Labute approximate surface area is 154 Å². The van der Waals surface area contributed by atoms with E-state index in [-0.39, 0.29) is 17.1 Å². The van der Waals surface area contributed by atoms with E-state index in [2.05, 4.69) is 64.6 Å². The normalized spacial score (nSPS) is 28.6. The van der Waals surface area contributed by atoms with Gasteiger partial charge in [-0.1, -0.05) is 30.3 Å². The van der Waals surface area contributed by atoms with Crippen LogP contribution in [-0.4, -0.2) is 47.1 Å². The van der Waals surface area contributed by atoms with Gasteiger partial charge in [0.2, 0.25) is 0 Å². The molecule has 1 aromatic heterocycles. The Balaban J connectivity index is 1.55. The van der Waals surface area contributed by atoms with E-state index in [1.165, 1.54) is 11.9 Å². The summed E-state index contributed by atoms with van der Waals surface area (Å²) in [6.45, 7) is 0.678. The molecule has 6 nitrogen and oxygen atoms in total. The zero-order valence-corrected chi connectivity index (χ0v) is 15.4. The van der Waals surface area contributed by atoms with Gasteiger partial charge in [0.05, 0.1) is 30.2 Å². The molecule has 2 amide bonds. The van der Waals surface area contributed by atoms with Crippen molar-refractivity contribution in [2.45, 2.75) is 36.8 Å². The molecule has 0 unspecified atom stereocenters. The molecule has 1 saturated heterocycles. The van der Waals surface area contributed by atoms with Gasteiger partial charge >= 0.3 is 6.03 Å². The van der Waals surface area contributed by atoms with E-state index < -0.39 is 0 Å². The molecule has 2 aromatic rings. The van der Waals surface area contributed by atoms with E-state index in [4.69, 9.17) is 0 Å². The SMILES string of the molecule is CN(C)[C@]1(c2ccccc2)CC[C@@]2(CC1)CN(c1cncnc1)C(=O)N2. The zero-order valence-electron chi connectivity index (χ0n) is 15.4. The molecule has 2 heterocycles. The largest absolute Gasteiger partial charge is 0.330 e. The van der Waals surface area contributed by atoms with Crippen LogP contribution in [0.3, 0.4) is 0 Å². The standard InChI is InChI=1S/C20H25N5O/c1-24(2)20(16-6-4-3-5-7-16)10-8-19(9-11-20)14-25(18(26)23-19)17-12-21-15-22-13-17/h3-7,12-13,15H,8-11,14H2,1-2H3,(H,23,26)/t19-,20-. The summed E-state index contributed by atoms with van der Waals surface area (Å²) in [4.78, 5) is 24.8. The number of aromatic nitrogens is 2. The smallest absolute Gasteiger partial charge is 0.322 e. The molecular weight excluding hydrogens is 326 g/mol. The van der Waals surface area contributed by atoms with Crippen LogP contribution >= 0.6 is 0 Å². The predicted molar refractivity (Wildman–Crippen MR) is 101 cm³/mol. The van der Waals surface area contributed by atoms with Crippen LogP contribution in [0.5, 0.6) is 0 Å². The third kappa shape index (κ3) is 2.74. The van der Waals surface area contributed by atoms with Crippen molar-refractivity contribution < 1.29 is 4.79 Å². The van der Waals surface area contributed by atoms with E-state index in [9.17, 15) is 4.79 Å². The fraction of sp³-hybridized carbons (Fsp3) is 0.450. The number of amides is 2. The summed E-state index contributed by atoms with van der Waals surface area (Å²) < 4.78 is 0. The fourth-order valence-corrected chi connectivity index (χ4v) is 4.52. The van der Waals surface area contributed by atoms with Crippen molar-refractivity contribution >= 4 is 11.7 Å². The maximum Gasteiger partial charge on any atom is 0.322 e. The minimum absolute atomic E-state index is 0.0283. The number of carbonyl (C=O) groups is 1.